The van der Waals surface area contributed by atoms with Crippen LogP contribution in [-0.4, -0.2) is 19.5 Å². The first-order valence-electron chi connectivity index (χ1n) is 17.2. The molecule has 0 radical (unpaired) electrons. The van der Waals surface area contributed by atoms with E-state index in [-0.39, 0.29) is 0 Å². The lowest BCUT2D eigenvalue weighted by Gasteiger charge is -2.12. The molecule has 3 aromatic heterocycles. The van der Waals surface area contributed by atoms with Crippen LogP contribution in [0.4, 0.5) is 0 Å². The Morgan fingerprint density at radius 1 is 0.333 bits per heavy atom. The molecule has 0 amide bonds. The van der Waals surface area contributed by atoms with E-state index in [1.54, 1.807) is 0 Å². The van der Waals surface area contributed by atoms with Crippen molar-refractivity contribution in [3.63, 3.8) is 0 Å². The summed E-state index contributed by atoms with van der Waals surface area (Å²) in [7, 11) is 0. The van der Waals surface area contributed by atoms with E-state index in [2.05, 4.69) is 162 Å². The van der Waals surface area contributed by atoms with Crippen molar-refractivity contribution >= 4 is 43.5 Å². The van der Waals surface area contributed by atoms with Gasteiger partial charge < -0.3 is 4.57 Å². The standard InChI is InChI=1S/C47H30N4/c1-5-15-31(16-6-1)42-30-43(50-47(49-42)33-19-9-3-10-20-33)34-25-26-37-39-28-40-38(29-45(39)51(44(37)27-34)35-21-11-4-12-22-35)36-23-13-14-24-41(36)48-46(40)32-17-7-2-8-18-32/h1-30H. The molecule has 7 aromatic carbocycles. The van der Waals surface area contributed by atoms with Crippen LogP contribution in [0.25, 0.3) is 94.3 Å². The molecule has 10 rings (SSSR count). The Morgan fingerprint density at radius 2 is 0.922 bits per heavy atom. The number of rotatable bonds is 5. The molecule has 51 heavy (non-hydrogen) atoms. The van der Waals surface area contributed by atoms with Gasteiger partial charge in [-0.3, -0.25) is 0 Å². The number of nitrogens with zero attached hydrogens (tertiary/aromatic N) is 4. The number of fused-ring (bicyclic) bond motifs is 6. The molecule has 0 bridgehead atoms. The zero-order valence-corrected chi connectivity index (χ0v) is 27.6. The fourth-order valence-electron chi connectivity index (χ4n) is 7.36. The first kappa shape index (κ1) is 29.0. The van der Waals surface area contributed by atoms with Crippen LogP contribution in [0.1, 0.15) is 0 Å². The molecule has 4 nitrogen and oxygen atoms in total. The van der Waals surface area contributed by atoms with Gasteiger partial charge in [-0.1, -0.05) is 140 Å². The fourth-order valence-corrected chi connectivity index (χ4v) is 7.36. The molecular formula is C47H30N4. The minimum absolute atomic E-state index is 0.703. The largest absolute Gasteiger partial charge is 0.309 e. The molecule has 0 fully saturated rings. The lowest BCUT2D eigenvalue weighted by atomic mass is 9.97. The van der Waals surface area contributed by atoms with E-state index >= 15 is 0 Å². The molecule has 4 heteroatoms. The van der Waals surface area contributed by atoms with Crippen LogP contribution in [0, 0.1) is 0 Å². The summed E-state index contributed by atoms with van der Waals surface area (Å²) < 4.78 is 2.39. The highest BCUT2D eigenvalue weighted by atomic mass is 15.0. The van der Waals surface area contributed by atoms with Gasteiger partial charge >= 0.3 is 0 Å². The van der Waals surface area contributed by atoms with Gasteiger partial charge in [0.25, 0.3) is 0 Å². The minimum atomic E-state index is 0.703. The van der Waals surface area contributed by atoms with Gasteiger partial charge in [-0.15, -0.1) is 0 Å². The molecule has 10 aromatic rings. The Morgan fingerprint density at radius 3 is 1.65 bits per heavy atom. The smallest absolute Gasteiger partial charge is 0.160 e. The zero-order valence-electron chi connectivity index (χ0n) is 27.6. The molecule has 238 valence electrons. The summed E-state index contributed by atoms with van der Waals surface area (Å²) >= 11 is 0. The quantitative estimate of drug-likeness (QED) is 0.174. The van der Waals surface area contributed by atoms with Crippen LogP contribution < -0.4 is 0 Å². The van der Waals surface area contributed by atoms with Crippen molar-refractivity contribution in [1.82, 2.24) is 19.5 Å². The molecule has 0 spiro atoms. The third kappa shape index (κ3) is 4.96. The van der Waals surface area contributed by atoms with Gasteiger partial charge in [0.15, 0.2) is 5.82 Å². The van der Waals surface area contributed by atoms with Crippen LogP contribution in [0.2, 0.25) is 0 Å². The third-order valence-electron chi connectivity index (χ3n) is 9.77. The predicted octanol–water partition coefficient (Wildman–Crippen LogP) is 11.9. The zero-order chi connectivity index (χ0) is 33.7. The number of hydrogen-bond donors (Lipinski definition) is 0. The molecule has 0 saturated heterocycles. The lowest BCUT2D eigenvalue weighted by Crippen LogP contribution is -1.97. The number of benzene rings is 7. The van der Waals surface area contributed by atoms with E-state index < -0.39 is 0 Å². The minimum Gasteiger partial charge on any atom is -0.309 e. The first-order chi connectivity index (χ1) is 25.3. The second-order valence-corrected chi connectivity index (χ2v) is 12.9. The maximum absolute atomic E-state index is 5.22. The summed E-state index contributed by atoms with van der Waals surface area (Å²) in [6.07, 6.45) is 0. The Balaban J connectivity index is 1.27. The molecule has 3 heterocycles. The Bertz CT molecular complexity index is 2820. The van der Waals surface area contributed by atoms with E-state index in [0.29, 0.717) is 5.82 Å². The van der Waals surface area contributed by atoms with Crippen molar-refractivity contribution in [2.24, 2.45) is 0 Å². The van der Waals surface area contributed by atoms with Crippen LogP contribution in [-0.2, 0) is 0 Å². The third-order valence-corrected chi connectivity index (χ3v) is 9.77. The van der Waals surface area contributed by atoms with Gasteiger partial charge in [-0.05, 0) is 47.9 Å². The molecule has 0 aliphatic carbocycles. The summed E-state index contributed by atoms with van der Waals surface area (Å²) in [5.74, 6) is 0.703. The summed E-state index contributed by atoms with van der Waals surface area (Å²) in [4.78, 5) is 15.4. The molecule has 0 N–H and O–H groups in total. The fraction of sp³-hybridized carbons (Fsp3) is 0. The van der Waals surface area contributed by atoms with Gasteiger partial charge in [0.2, 0.25) is 0 Å². The lowest BCUT2D eigenvalue weighted by molar-refractivity contribution is 1.17. The number of hydrogen-bond acceptors (Lipinski definition) is 3. The molecule has 0 aliphatic heterocycles. The van der Waals surface area contributed by atoms with Crippen molar-refractivity contribution in [1.29, 1.82) is 0 Å². The second-order valence-electron chi connectivity index (χ2n) is 12.9. The summed E-state index contributed by atoms with van der Waals surface area (Å²) in [6, 6.07) is 63.7. The predicted molar refractivity (Wildman–Crippen MR) is 211 cm³/mol. The van der Waals surface area contributed by atoms with Gasteiger partial charge in [0.1, 0.15) is 0 Å². The van der Waals surface area contributed by atoms with Gasteiger partial charge in [0, 0.05) is 49.5 Å². The summed E-state index contributed by atoms with van der Waals surface area (Å²) in [6.45, 7) is 0. The summed E-state index contributed by atoms with van der Waals surface area (Å²) in [5, 5.41) is 5.82. The van der Waals surface area contributed by atoms with E-state index in [1.807, 2.05) is 24.3 Å². The van der Waals surface area contributed by atoms with Crippen molar-refractivity contribution in [3.05, 3.63) is 182 Å². The highest BCUT2D eigenvalue weighted by molar-refractivity contribution is 6.20. The van der Waals surface area contributed by atoms with Gasteiger partial charge in [-0.2, -0.15) is 0 Å². The topological polar surface area (TPSA) is 43.6 Å². The maximum Gasteiger partial charge on any atom is 0.160 e. The first-order valence-corrected chi connectivity index (χ1v) is 17.2. The molecular weight excluding hydrogens is 621 g/mol. The van der Waals surface area contributed by atoms with E-state index in [9.17, 15) is 0 Å². The van der Waals surface area contributed by atoms with Crippen LogP contribution in [0.5, 0.6) is 0 Å². The monoisotopic (exact) mass is 650 g/mol. The number of para-hydroxylation sites is 2. The molecule has 0 atom stereocenters. The highest BCUT2D eigenvalue weighted by Crippen LogP contribution is 2.41. The van der Waals surface area contributed by atoms with Crippen molar-refractivity contribution in [2.45, 2.75) is 0 Å². The molecule has 0 saturated carbocycles. The molecule has 0 aliphatic rings. The average molecular weight is 651 g/mol. The molecule has 0 unspecified atom stereocenters. The Labute approximate surface area is 295 Å². The van der Waals surface area contributed by atoms with Gasteiger partial charge in [0.05, 0.1) is 33.6 Å². The SMILES string of the molecule is c1ccc(-c2cc(-c3ccc4c5cc6c(-c7ccccc7)nc7ccccc7c6cc5n(-c5ccccc5)c4c3)nc(-c3ccccc3)n2)cc1. The maximum atomic E-state index is 5.22. The normalized spacial score (nSPS) is 11.5. The Kier molecular flexibility index (Phi) is 6.78. The van der Waals surface area contributed by atoms with Crippen molar-refractivity contribution < 1.29 is 0 Å². The number of aromatic nitrogens is 4. The van der Waals surface area contributed by atoms with E-state index in [0.717, 1.165) is 72.3 Å². The summed E-state index contributed by atoms with van der Waals surface area (Å²) in [5.41, 5.74) is 11.3. The van der Waals surface area contributed by atoms with E-state index in [1.165, 1.54) is 16.2 Å². The van der Waals surface area contributed by atoms with Crippen molar-refractivity contribution in [3.8, 4) is 50.8 Å². The highest BCUT2D eigenvalue weighted by Gasteiger charge is 2.19. The van der Waals surface area contributed by atoms with E-state index in [4.69, 9.17) is 15.0 Å². The van der Waals surface area contributed by atoms with Crippen LogP contribution in [0.3, 0.4) is 0 Å². The van der Waals surface area contributed by atoms with Crippen LogP contribution >= 0.6 is 0 Å². The average Bonchev–Trinajstić information content (AvgIpc) is 3.53. The Hall–Kier alpha value is -6.91. The van der Waals surface area contributed by atoms with Crippen molar-refractivity contribution in [2.75, 3.05) is 0 Å². The second kappa shape index (κ2) is 11.9. The van der Waals surface area contributed by atoms with Gasteiger partial charge in [-0.25, -0.2) is 15.0 Å². The number of pyridine rings is 1. The van der Waals surface area contributed by atoms with Crippen LogP contribution in [0.15, 0.2) is 182 Å².